The number of hydrogen-bond donors (Lipinski definition) is 0. The highest BCUT2D eigenvalue weighted by molar-refractivity contribution is 5.96. The molecule has 83 heavy (non-hydrogen) atoms. The first kappa shape index (κ1) is 47.1. The number of ether oxygens (including phenoxy) is 2. The second kappa shape index (κ2) is 18.4. The molecule has 0 radical (unpaired) electrons. The van der Waals surface area contributed by atoms with Crippen molar-refractivity contribution >= 4 is 17.1 Å². The molecule has 2 aliphatic carbocycles. The van der Waals surface area contributed by atoms with Crippen LogP contribution in [-0.4, -0.2) is 0 Å². The van der Waals surface area contributed by atoms with Crippen LogP contribution in [0, 0.1) is 0 Å². The van der Waals surface area contributed by atoms with Gasteiger partial charge in [-0.3, -0.25) is 0 Å². The topological polar surface area (TPSA) is 21.7 Å². The van der Waals surface area contributed by atoms with Crippen molar-refractivity contribution in [1.29, 1.82) is 0 Å². The zero-order valence-electron chi connectivity index (χ0n) is 45.2. The average molecular weight is 1060 g/mol. The zero-order valence-corrected chi connectivity index (χ0v) is 45.2. The van der Waals surface area contributed by atoms with Crippen molar-refractivity contribution in [2.75, 3.05) is 4.90 Å². The highest BCUT2D eigenvalue weighted by atomic mass is 16.5. The van der Waals surface area contributed by atoms with Crippen LogP contribution in [0.15, 0.2) is 309 Å². The van der Waals surface area contributed by atoms with Crippen LogP contribution in [0.2, 0.25) is 0 Å². The van der Waals surface area contributed by atoms with Crippen LogP contribution in [0.5, 0.6) is 23.0 Å². The van der Waals surface area contributed by atoms with Crippen LogP contribution >= 0.6 is 0 Å². The molecule has 2 heterocycles. The number of fused-ring (bicyclic) bond motifs is 18. The van der Waals surface area contributed by atoms with Crippen molar-refractivity contribution < 1.29 is 9.47 Å². The van der Waals surface area contributed by atoms with Gasteiger partial charge < -0.3 is 14.4 Å². The first-order valence-corrected chi connectivity index (χ1v) is 28.6. The van der Waals surface area contributed by atoms with E-state index in [0.717, 1.165) is 79.0 Å². The van der Waals surface area contributed by atoms with Gasteiger partial charge >= 0.3 is 0 Å². The fourth-order valence-corrected chi connectivity index (χ4v) is 14.5. The monoisotopic (exact) mass is 1060 g/mol. The summed E-state index contributed by atoms with van der Waals surface area (Å²) < 4.78 is 13.3. The molecule has 3 nitrogen and oxygen atoms in total. The number of para-hydroxylation sites is 5. The average Bonchev–Trinajstić information content (AvgIpc) is 1.75. The van der Waals surface area contributed by atoms with E-state index in [-0.39, 0.29) is 0 Å². The molecule has 4 aliphatic rings. The highest BCUT2D eigenvalue weighted by Gasteiger charge is 2.52. The van der Waals surface area contributed by atoms with E-state index in [9.17, 15) is 0 Å². The SMILES string of the molecule is c1ccc(-c2ccc(-c3ccc(N(c4ccc(-c5ccc6c(c5)-c5ccccc5C65c6ccccc6Oc6ccccc65)cc4)c4ccccc4-c4ccc5c(c4)-c4ccccc4C54c5ccccc5Oc5ccccc54)cc3)cc2)cc1. The van der Waals surface area contributed by atoms with Crippen molar-refractivity contribution in [3.8, 4) is 89.8 Å². The molecule has 0 unspecified atom stereocenters. The minimum absolute atomic E-state index is 0.514. The van der Waals surface area contributed by atoms with Crippen molar-refractivity contribution in [3.63, 3.8) is 0 Å². The molecular formula is C80H51NO2. The summed E-state index contributed by atoms with van der Waals surface area (Å²) in [7, 11) is 0. The summed E-state index contributed by atoms with van der Waals surface area (Å²) in [5, 5.41) is 0. The third-order valence-electron chi connectivity index (χ3n) is 18.1. The Morgan fingerprint density at radius 2 is 0.506 bits per heavy atom. The molecule has 17 rings (SSSR count). The fraction of sp³-hybridized carbons (Fsp3) is 0.0250. The molecular weight excluding hydrogens is 1010 g/mol. The molecule has 0 amide bonds. The van der Waals surface area contributed by atoms with Crippen molar-refractivity contribution in [1.82, 2.24) is 0 Å². The summed E-state index contributed by atoms with van der Waals surface area (Å²) in [4.78, 5) is 2.43. The van der Waals surface area contributed by atoms with Crippen LogP contribution in [0.4, 0.5) is 17.1 Å². The molecule has 0 N–H and O–H groups in total. The molecule has 388 valence electrons. The Morgan fingerprint density at radius 3 is 0.964 bits per heavy atom. The Bertz CT molecular complexity index is 4640. The summed E-state index contributed by atoms with van der Waals surface area (Å²) in [6.45, 7) is 0. The summed E-state index contributed by atoms with van der Waals surface area (Å²) in [6, 6.07) is 113. The maximum absolute atomic E-state index is 6.66. The molecule has 2 spiro atoms. The van der Waals surface area contributed by atoms with E-state index in [1.165, 1.54) is 72.3 Å². The Morgan fingerprint density at radius 1 is 0.205 bits per heavy atom. The van der Waals surface area contributed by atoms with Gasteiger partial charge in [-0.05, 0) is 150 Å². The summed E-state index contributed by atoms with van der Waals surface area (Å²) in [5.41, 5.74) is 26.2. The van der Waals surface area contributed by atoms with Gasteiger partial charge in [-0.25, -0.2) is 0 Å². The van der Waals surface area contributed by atoms with Gasteiger partial charge in [0.2, 0.25) is 0 Å². The standard InChI is InChI=1S/C80H51NO2/c1-2-18-52(19-3-1)53-34-36-54(37-35-53)55-38-44-59(45-39-55)81(60-46-40-56(41-47-60)57-42-48-68-64(50-57)62-21-4-7-23-66(62)79(68)70-25-9-14-30-75(70)82-76-31-15-10-26-71(76)79)74-29-13-6-20-61(74)58-43-49-69-65(51-58)63-22-5-8-24-67(63)80(69)72-27-11-16-32-77(72)83-78-33-17-12-28-73(78)80/h1-51H. The van der Waals surface area contributed by atoms with Crippen molar-refractivity contribution in [2.24, 2.45) is 0 Å². The van der Waals surface area contributed by atoms with Gasteiger partial charge in [0.05, 0.1) is 16.5 Å². The molecule has 0 saturated carbocycles. The number of nitrogens with zero attached hydrogens (tertiary/aromatic N) is 1. The molecule has 2 aliphatic heterocycles. The maximum atomic E-state index is 6.66. The van der Waals surface area contributed by atoms with E-state index in [0.29, 0.717) is 0 Å². The predicted octanol–water partition coefficient (Wildman–Crippen LogP) is 20.8. The number of anilines is 3. The second-order valence-corrected chi connectivity index (χ2v) is 22.2. The van der Waals surface area contributed by atoms with Crippen molar-refractivity contribution in [3.05, 3.63) is 354 Å². The highest BCUT2D eigenvalue weighted by Crippen LogP contribution is 2.64. The van der Waals surface area contributed by atoms with Gasteiger partial charge in [0.15, 0.2) is 0 Å². The molecule has 0 bridgehead atoms. The van der Waals surface area contributed by atoms with Crippen LogP contribution in [0.1, 0.15) is 44.5 Å². The van der Waals surface area contributed by atoms with Gasteiger partial charge in [-0.2, -0.15) is 0 Å². The molecule has 0 aromatic heterocycles. The lowest BCUT2D eigenvalue weighted by Gasteiger charge is -2.39. The quantitative estimate of drug-likeness (QED) is 0.159. The summed E-state index contributed by atoms with van der Waals surface area (Å²) in [6.07, 6.45) is 0. The first-order valence-electron chi connectivity index (χ1n) is 28.6. The van der Waals surface area contributed by atoms with Crippen LogP contribution < -0.4 is 14.4 Å². The van der Waals surface area contributed by atoms with E-state index in [1.54, 1.807) is 0 Å². The van der Waals surface area contributed by atoms with Gasteiger partial charge in [-0.1, -0.05) is 243 Å². The van der Waals surface area contributed by atoms with E-state index >= 15 is 0 Å². The molecule has 13 aromatic carbocycles. The first-order chi connectivity index (χ1) is 41.1. The summed E-state index contributed by atoms with van der Waals surface area (Å²) in [5.74, 6) is 3.58. The molecule has 0 fully saturated rings. The minimum Gasteiger partial charge on any atom is -0.457 e. The predicted molar refractivity (Wildman–Crippen MR) is 338 cm³/mol. The van der Waals surface area contributed by atoms with E-state index in [2.05, 4.69) is 314 Å². The third kappa shape index (κ3) is 6.92. The van der Waals surface area contributed by atoms with E-state index < -0.39 is 10.8 Å². The van der Waals surface area contributed by atoms with Crippen LogP contribution in [0.3, 0.4) is 0 Å². The summed E-state index contributed by atoms with van der Waals surface area (Å²) >= 11 is 0. The Hall–Kier alpha value is -10.7. The Kier molecular flexibility index (Phi) is 10.4. The normalized spacial score (nSPS) is 13.7. The lowest BCUT2D eigenvalue weighted by atomic mass is 9.66. The van der Waals surface area contributed by atoms with Gasteiger partial charge in [0.1, 0.15) is 23.0 Å². The lowest BCUT2D eigenvalue weighted by Crippen LogP contribution is -2.32. The molecule has 0 saturated heterocycles. The van der Waals surface area contributed by atoms with Crippen LogP contribution in [-0.2, 0) is 10.8 Å². The number of rotatable bonds is 7. The van der Waals surface area contributed by atoms with E-state index in [4.69, 9.17) is 9.47 Å². The largest absolute Gasteiger partial charge is 0.457 e. The van der Waals surface area contributed by atoms with Gasteiger partial charge in [0, 0.05) is 39.2 Å². The van der Waals surface area contributed by atoms with Crippen molar-refractivity contribution in [2.45, 2.75) is 10.8 Å². The van der Waals surface area contributed by atoms with E-state index in [1.807, 2.05) is 0 Å². The fourth-order valence-electron chi connectivity index (χ4n) is 14.5. The second-order valence-electron chi connectivity index (χ2n) is 22.2. The smallest absolute Gasteiger partial charge is 0.132 e. The Labute approximate surface area is 483 Å². The lowest BCUT2D eigenvalue weighted by molar-refractivity contribution is 0.436. The van der Waals surface area contributed by atoms with Crippen LogP contribution in [0.25, 0.3) is 66.8 Å². The molecule has 3 heteroatoms. The Balaban J connectivity index is 0.794. The number of benzene rings is 13. The van der Waals surface area contributed by atoms with Gasteiger partial charge in [0.25, 0.3) is 0 Å². The van der Waals surface area contributed by atoms with Gasteiger partial charge in [-0.15, -0.1) is 0 Å². The number of hydrogen-bond acceptors (Lipinski definition) is 3. The zero-order chi connectivity index (χ0) is 54.6. The maximum Gasteiger partial charge on any atom is 0.132 e. The minimum atomic E-state index is -0.544. The molecule has 0 atom stereocenters. The third-order valence-corrected chi connectivity index (χ3v) is 18.1. The molecule has 13 aromatic rings.